The van der Waals surface area contributed by atoms with Crippen molar-refractivity contribution in [2.75, 3.05) is 5.32 Å². The van der Waals surface area contributed by atoms with Crippen molar-refractivity contribution in [3.63, 3.8) is 0 Å². The summed E-state index contributed by atoms with van der Waals surface area (Å²) >= 11 is 0. The first-order chi connectivity index (χ1) is 14.5. The van der Waals surface area contributed by atoms with E-state index in [0.29, 0.717) is 13.0 Å². The largest absolute Gasteiger partial charge is 0.361 e. The van der Waals surface area contributed by atoms with Gasteiger partial charge in [0.2, 0.25) is 5.91 Å². The van der Waals surface area contributed by atoms with Crippen molar-refractivity contribution in [2.24, 2.45) is 0 Å². The normalized spacial score (nSPS) is 11.2. The number of aromatic nitrogens is 3. The number of carbonyl (C=O) groups is 1. The molecule has 0 fully saturated rings. The fourth-order valence-electron chi connectivity index (χ4n) is 3.82. The molecule has 4 rings (SSSR count). The lowest BCUT2D eigenvalue weighted by Crippen LogP contribution is -2.13. The van der Waals surface area contributed by atoms with E-state index in [2.05, 4.69) is 27.5 Å². The quantitative estimate of drug-likeness (QED) is 0.448. The predicted molar refractivity (Wildman–Crippen MR) is 117 cm³/mol. The van der Waals surface area contributed by atoms with Crippen LogP contribution in [0.25, 0.3) is 10.9 Å². The Morgan fingerprint density at radius 2 is 2.00 bits per heavy atom. The van der Waals surface area contributed by atoms with Crippen LogP contribution < -0.4 is 5.32 Å². The molecule has 0 aliphatic heterocycles. The number of aromatic amines is 1. The third-order valence-electron chi connectivity index (χ3n) is 5.39. The average molecular weight is 404 g/mol. The monoisotopic (exact) mass is 404 g/mol. The van der Waals surface area contributed by atoms with Gasteiger partial charge in [0.15, 0.2) is 0 Å². The molecule has 4 aromatic rings. The van der Waals surface area contributed by atoms with E-state index in [-0.39, 0.29) is 11.7 Å². The molecule has 0 saturated carbocycles. The van der Waals surface area contributed by atoms with Gasteiger partial charge in [-0.25, -0.2) is 4.39 Å². The molecule has 30 heavy (non-hydrogen) atoms. The number of nitrogens with zero attached hydrogens (tertiary/aromatic N) is 2. The number of hydrogen-bond acceptors (Lipinski definition) is 2. The minimum atomic E-state index is -0.266. The zero-order valence-electron chi connectivity index (χ0n) is 17.2. The second-order valence-corrected chi connectivity index (χ2v) is 7.59. The number of anilines is 1. The lowest BCUT2D eigenvalue weighted by atomic mass is 10.1. The Balaban J connectivity index is 1.36. The number of carbonyl (C=O) groups excluding carboxylic acids is 1. The molecule has 2 aromatic carbocycles. The summed E-state index contributed by atoms with van der Waals surface area (Å²) in [5.74, 6) is -0.288. The first-order valence-corrected chi connectivity index (χ1v) is 10.1. The number of benzene rings is 2. The molecule has 5 nitrogen and oxygen atoms in total. The maximum atomic E-state index is 13.4. The first-order valence-electron chi connectivity index (χ1n) is 10.1. The van der Waals surface area contributed by atoms with E-state index >= 15 is 0 Å². The fourth-order valence-corrected chi connectivity index (χ4v) is 3.82. The third-order valence-corrected chi connectivity index (χ3v) is 5.39. The zero-order chi connectivity index (χ0) is 21.1. The van der Waals surface area contributed by atoms with E-state index in [1.54, 1.807) is 10.7 Å². The highest BCUT2D eigenvalue weighted by Gasteiger charge is 2.15. The van der Waals surface area contributed by atoms with Crippen LogP contribution in [0.15, 0.2) is 54.7 Å². The summed E-state index contributed by atoms with van der Waals surface area (Å²) in [6, 6.07) is 14.7. The molecular formula is C24H25FN4O. The Labute approximate surface area is 174 Å². The molecule has 2 N–H and O–H groups in total. The number of hydrogen-bond donors (Lipinski definition) is 2. The summed E-state index contributed by atoms with van der Waals surface area (Å²) < 4.78 is 15.2. The standard InChI is InChI=1S/C24H25FN4O/c1-16-24(17(2)29(28-16)15-18-7-5-9-20(25)13-18)27-23(30)12-6-8-19-14-26-22-11-4-3-10-21(19)22/h3-5,7,9-11,13-14,26H,6,8,12,15H2,1-2H3,(H,27,30). The minimum absolute atomic E-state index is 0.0219. The second kappa shape index (κ2) is 8.53. The van der Waals surface area contributed by atoms with Gasteiger partial charge in [0.25, 0.3) is 0 Å². The van der Waals surface area contributed by atoms with Gasteiger partial charge in [0.1, 0.15) is 5.82 Å². The molecule has 0 spiro atoms. The summed E-state index contributed by atoms with van der Waals surface area (Å²) in [6.07, 6.45) is 4.07. The third kappa shape index (κ3) is 4.27. The Kier molecular flexibility index (Phi) is 5.65. The van der Waals surface area contributed by atoms with Crippen molar-refractivity contribution in [1.29, 1.82) is 0 Å². The van der Waals surface area contributed by atoms with Crippen LogP contribution in [0, 0.1) is 19.7 Å². The number of aryl methyl sites for hydroxylation is 2. The number of H-pyrrole nitrogens is 1. The number of rotatable bonds is 7. The van der Waals surface area contributed by atoms with Crippen molar-refractivity contribution in [3.8, 4) is 0 Å². The summed E-state index contributed by atoms with van der Waals surface area (Å²) in [7, 11) is 0. The van der Waals surface area contributed by atoms with Gasteiger partial charge in [-0.05, 0) is 56.0 Å². The molecule has 0 radical (unpaired) electrons. The molecule has 154 valence electrons. The van der Waals surface area contributed by atoms with Gasteiger partial charge in [-0.1, -0.05) is 30.3 Å². The summed E-state index contributed by atoms with van der Waals surface area (Å²) in [6.45, 7) is 4.25. The van der Waals surface area contributed by atoms with Crippen LogP contribution in [0.2, 0.25) is 0 Å². The molecule has 0 aliphatic rings. The lowest BCUT2D eigenvalue weighted by molar-refractivity contribution is -0.116. The van der Waals surface area contributed by atoms with Crippen LogP contribution in [0.1, 0.15) is 35.4 Å². The molecule has 0 bridgehead atoms. The molecule has 0 saturated heterocycles. The average Bonchev–Trinajstić information content (AvgIpc) is 3.24. The number of fused-ring (bicyclic) bond motifs is 1. The smallest absolute Gasteiger partial charge is 0.224 e. The molecule has 6 heteroatoms. The topological polar surface area (TPSA) is 62.7 Å². The Bertz CT molecular complexity index is 1190. The number of halogens is 1. The molecule has 0 atom stereocenters. The first kappa shape index (κ1) is 19.9. The minimum Gasteiger partial charge on any atom is -0.361 e. The van der Waals surface area contributed by atoms with E-state index in [1.807, 2.05) is 38.2 Å². The van der Waals surface area contributed by atoms with Crippen molar-refractivity contribution >= 4 is 22.5 Å². The van der Waals surface area contributed by atoms with Crippen molar-refractivity contribution in [3.05, 3.63) is 83.1 Å². The maximum Gasteiger partial charge on any atom is 0.224 e. The van der Waals surface area contributed by atoms with E-state index < -0.39 is 0 Å². The van der Waals surface area contributed by atoms with E-state index in [9.17, 15) is 9.18 Å². The van der Waals surface area contributed by atoms with Gasteiger partial charge >= 0.3 is 0 Å². The van der Waals surface area contributed by atoms with E-state index in [1.165, 1.54) is 23.1 Å². The highest BCUT2D eigenvalue weighted by atomic mass is 19.1. The summed E-state index contributed by atoms with van der Waals surface area (Å²) in [5, 5.41) is 8.74. The molecule has 2 aromatic heterocycles. The predicted octanol–water partition coefficient (Wildman–Crippen LogP) is 5.13. The van der Waals surface area contributed by atoms with E-state index in [4.69, 9.17) is 0 Å². The highest BCUT2D eigenvalue weighted by molar-refractivity contribution is 5.92. The van der Waals surface area contributed by atoms with Gasteiger partial charge in [0, 0.05) is 23.5 Å². The van der Waals surface area contributed by atoms with Gasteiger partial charge in [-0.2, -0.15) is 5.10 Å². The van der Waals surface area contributed by atoms with Crippen LogP contribution in [0.4, 0.5) is 10.1 Å². The summed E-state index contributed by atoms with van der Waals surface area (Å²) in [5.41, 5.74) is 5.54. The molecule has 0 unspecified atom stereocenters. The zero-order valence-corrected chi connectivity index (χ0v) is 17.2. The fraction of sp³-hybridized carbons (Fsp3) is 0.250. The van der Waals surface area contributed by atoms with Crippen LogP contribution in [0.3, 0.4) is 0 Å². The Morgan fingerprint density at radius 1 is 1.17 bits per heavy atom. The molecule has 2 heterocycles. The van der Waals surface area contributed by atoms with Gasteiger partial charge in [-0.15, -0.1) is 0 Å². The van der Waals surface area contributed by atoms with Crippen LogP contribution in [-0.2, 0) is 17.8 Å². The number of nitrogens with one attached hydrogen (secondary N) is 2. The van der Waals surface area contributed by atoms with Gasteiger partial charge in [0.05, 0.1) is 23.6 Å². The molecule has 0 aliphatic carbocycles. The number of amides is 1. The number of para-hydroxylation sites is 1. The van der Waals surface area contributed by atoms with Crippen LogP contribution >= 0.6 is 0 Å². The van der Waals surface area contributed by atoms with Crippen molar-refractivity contribution in [1.82, 2.24) is 14.8 Å². The van der Waals surface area contributed by atoms with Crippen molar-refractivity contribution < 1.29 is 9.18 Å². The maximum absolute atomic E-state index is 13.4. The summed E-state index contributed by atoms with van der Waals surface area (Å²) in [4.78, 5) is 15.8. The van der Waals surface area contributed by atoms with Gasteiger partial charge < -0.3 is 10.3 Å². The SMILES string of the molecule is Cc1nn(Cc2cccc(F)c2)c(C)c1NC(=O)CCCc1c[nH]c2ccccc12. The molecule has 1 amide bonds. The van der Waals surface area contributed by atoms with Gasteiger partial charge in [-0.3, -0.25) is 9.48 Å². The van der Waals surface area contributed by atoms with Crippen molar-refractivity contribution in [2.45, 2.75) is 39.7 Å². The van der Waals surface area contributed by atoms with Crippen LogP contribution in [-0.4, -0.2) is 20.7 Å². The second-order valence-electron chi connectivity index (χ2n) is 7.59. The Hall–Kier alpha value is -3.41. The van der Waals surface area contributed by atoms with E-state index in [0.717, 1.165) is 41.0 Å². The highest BCUT2D eigenvalue weighted by Crippen LogP contribution is 2.22. The molecular weight excluding hydrogens is 379 g/mol. The lowest BCUT2D eigenvalue weighted by Gasteiger charge is -2.08. The Morgan fingerprint density at radius 3 is 2.83 bits per heavy atom. The van der Waals surface area contributed by atoms with Crippen LogP contribution in [0.5, 0.6) is 0 Å².